The van der Waals surface area contributed by atoms with Crippen molar-refractivity contribution in [1.29, 1.82) is 0 Å². The Labute approximate surface area is 95.9 Å². The van der Waals surface area contributed by atoms with E-state index in [0.29, 0.717) is 30.3 Å². The van der Waals surface area contributed by atoms with Crippen molar-refractivity contribution in [2.24, 2.45) is 11.7 Å². The molecule has 4 heteroatoms. The Morgan fingerprint density at radius 1 is 1.40 bits per heavy atom. The molecule has 1 aliphatic heterocycles. The number of halogens is 1. The van der Waals surface area contributed by atoms with E-state index in [0.717, 1.165) is 25.8 Å². The number of fused-ring (bicyclic) bond motifs is 2. The molecule has 3 atom stereocenters. The van der Waals surface area contributed by atoms with Crippen LogP contribution in [0.25, 0.3) is 0 Å². The van der Waals surface area contributed by atoms with Crippen LogP contribution in [0.5, 0.6) is 0 Å². The number of hydrogen-bond acceptors (Lipinski definition) is 2. The average molecular weight is 231 g/mol. The van der Waals surface area contributed by atoms with Crippen LogP contribution in [0.2, 0.25) is 0 Å². The zero-order chi connectivity index (χ0) is 10.8. The van der Waals surface area contributed by atoms with E-state index in [9.17, 15) is 4.79 Å². The van der Waals surface area contributed by atoms with Gasteiger partial charge < -0.3 is 10.6 Å². The molecule has 1 aliphatic carbocycles. The summed E-state index contributed by atoms with van der Waals surface area (Å²) < 4.78 is 0. The lowest BCUT2D eigenvalue weighted by molar-refractivity contribution is -0.132. The lowest BCUT2D eigenvalue weighted by Gasteiger charge is -2.27. The van der Waals surface area contributed by atoms with Crippen molar-refractivity contribution in [2.45, 2.75) is 44.2 Å². The van der Waals surface area contributed by atoms with E-state index in [1.54, 1.807) is 0 Å². The Balaban J connectivity index is 1.91. The average Bonchev–Trinajstić information content (AvgIpc) is 2.50. The van der Waals surface area contributed by atoms with Crippen LogP contribution in [0.15, 0.2) is 0 Å². The van der Waals surface area contributed by atoms with Gasteiger partial charge in [0.05, 0.1) is 0 Å². The van der Waals surface area contributed by atoms with E-state index in [4.69, 9.17) is 17.3 Å². The van der Waals surface area contributed by atoms with Gasteiger partial charge in [-0.3, -0.25) is 4.79 Å². The van der Waals surface area contributed by atoms with Crippen LogP contribution in [0.4, 0.5) is 0 Å². The summed E-state index contributed by atoms with van der Waals surface area (Å²) in [5, 5.41) is 0. The maximum Gasteiger partial charge on any atom is 0.222 e. The predicted octanol–water partition coefficient (Wildman–Crippen LogP) is 1.34. The SMILES string of the molecule is NC1CC2CC(C1)N(C(=O)CCCCl)C2. The topological polar surface area (TPSA) is 46.3 Å². The Morgan fingerprint density at radius 2 is 2.20 bits per heavy atom. The molecule has 1 amide bonds. The molecular formula is C11H19ClN2O. The summed E-state index contributed by atoms with van der Waals surface area (Å²) in [5.74, 6) is 1.50. The van der Waals surface area contributed by atoms with Crippen molar-refractivity contribution in [3.63, 3.8) is 0 Å². The number of rotatable bonds is 3. The molecule has 0 aromatic rings. The minimum absolute atomic E-state index is 0.275. The van der Waals surface area contributed by atoms with Crippen molar-refractivity contribution >= 4 is 17.5 Å². The monoisotopic (exact) mass is 230 g/mol. The number of likely N-dealkylation sites (tertiary alicyclic amines) is 1. The summed E-state index contributed by atoms with van der Waals surface area (Å²) in [5.41, 5.74) is 5.96. The smallest absolute Gasteiger partial charge is 0.222 e. The van der Waals surface area contributed by atoms with Crippen LogP contribution >= 0.6 is 11.6 Å². The number of nitrogens with zero attached hydrogens (tertiary/aromatic N) is 1. The van der Waals surface area contributed by atoms with Crippen LogP contribution in [0.3, 0.4) is 0 Å². The fourth-order valence-corrected chi connectivity index (χ4v) is 3.08. The highest BCUT2D eigenvalue weighted by Crippen LogP contribution is 2.35. The first-order valence-corrected chi connectivity index (χ1v) is 6.35. The molecule has 0 spiro atoms. The van der Waals surface area contributed by atoms with Gasteiger partial charge in [0.15, 0.2) is 0 Å². The summed E-state index contributed by atoms with van der Waals surface area (Å²) in [6.07, 6.45) is 4.64. The molecule has 2 aliphatic rings. The maximum atomic E-state index is 11.9. The number of alkyl halides is 1. The van der Waals surface area contributed by atoms with Gasteiger partial charge in [0.25, 0.3) is 0 Å². The van der Waals surface area contributed by atoms with Gasteiger partial charge >= 0.3 is 0 Å². The molecule has 0 aromatic heterocycles. The van der Waals surface area contributed by atoms with Crippen LogP contribution in [-0.2, 0) is 4.79 Å². The van der Waals surface area contributed by atoms with Crippen molar-refractivity contribution in [2.75, 3.05) is 12.4 Å². The van der Waals surface area contributed by atoms with E-state index in [-0.39, 0.29) is 5.91 Å². The molecular weight excluding hydrogens is 212 g/mol. The summed E-state index contributed by atoms with van der Waals surface area (Å²) in [4.78, 5) is 13.9. The van der Waals surface area contributed by atoms with E-state index >= 15 is 0 Å². The van der Waals surface area contributed by atoms with Crippen LogP contribution in [0.1, 0.15) is 32.1 Å². The second-order valence-corrected chi connectivity index (χ2v) is 5.20. The molecule has 2 rings (SSSR count). The van der Waals surface area contributed by atoms with E-state index in [1.165, 1.54) is 6.42 Å². The molecule has 0 aromatic carbocycles. The van der Waals surface area contributed by atoms with Crippen molar-refractivity contribution in [3.8, 4) is 0 Å². The largest absolute Gasteiger partial charge is 0.339 e. The first-order valence-electron chi connectivity index (χ1n) is 5.81. The molecule has 3 nitrogen and oxygen atoms in total. The molecule has 1 heterocycles. The first-order chi connectivity index (χ1) is 7.20. The third kappa shape index (κ3) is 2.45. The van der Waals surface area contributed by atoms with E-state index in [1.807, 2.05) is 4.90 Å². The highest BCUT2D eigenvalue weighted by Gasteiger charge is 2.39. The molecule has 86 valence electrons. The van der Waals surface area contributed by atoms with Gasteiger partial charge in [-0.15, -0.1) is 11.6 Å². The lowest BCUT2D eigenvalue weighted by Crippen LogP contribution is -2.38. The zero-order valence-corrected chi connectivity index (χ0v) is 9.75. The van der Waals surface area contributed by atoms with Gasteiger partial charge in [-0.1, -0.05) is 0 Å². The second-order valence-electron chi connectivity index (χ2n) is 4.83. The Morgan fingerprint density at radius 3 is 2.93 bits per heavy atom. The molecule has 15 heavy (non-hydrogen) atoms. The maximum absolute atomic E-state index is 11.9. The third-order valence-corrected chi connectivity index (χ3v) is 3.82. The minimum Gasteiger partial charge on any atom is -0.339 e. The summed E-state index contributed by atoms with van der Waals surface area (Å²) >= 11 is 5.60. The van der Waals surface area contributed by atoms with Crippen molar-refractivity contribution in [1.82, 2.24) is 4.90 Å². The van der Waals surface area contributed by atoms with Crippen LogP contribution < -0.4 is 5.73 Å². The molecule has 0 radical (unpaired) electrons. The highest BCUT2D eigenvalue weighted by atomic mass is 35.5. The van der Waals surface area contributed by atoms with Crippen molar-refractivity contribution < 1.29 is 4.79 Å². The number of carbonyl (C=O) groups is 1. The molecule has 2 bridgehead atoms. The predicted molar refractivity (Wildman–Crippen MR) is 60.8 cm³/mol. The lowest BCUT2D eigenvalue weighted by atomic mass is 9.87. The van der Waals surface area contributed by atoms with E-state index in [2.05, 4.69) is 0 Å². The number of amides is 1. The zero-order valence-electron chi connectivity index (χ0n) is 8.99. The summed E-state index contributed by atoms with van der Waals surface area (Å²) in [6.45, 7) is 0.930. The second kappa shape index (κ2) is 4.71. The summed E-state index contributed by atoms with van der Waals surface area (Å²) in [6, 6.07) is 0.723. The van der Waals surface area contributed by atoms with Crippen molar-refractivity contribution in [3.05, 3.63) is 0 Å². The van der Waals surface area contributed by atoms with Crippen LogP contribution in [-0.4, -0.2) is 35.3 Å². The normalized spacial score (nSPS) is 34.5. The van der Waals surface area contributed by atoms with Gasteiger partial charge in [-0.25, -0.2) is 0 Å². The molecule has 2 fully saturated rings. The molecule has 3 unspecified atom stereocenters. The first kappa shape index (κ1) is 11.2. The quantitative estimate of drug-likeness (QED) is 0.744. The fourth-order valence-electron chi connectivity index (χ4n) is 2.95. The fraction of sp³-hybridized carbons (Fsp3) is 0.909. The Hall–Kier alpha value is -0.280. The number of carbonyl (C=O) groups excluding carboxylic acids is 1. The molecule has 1 saturated heterocycles. The standard InChI is InChI=1S/C11H19ClN2O/c12-3-1-2-11(15)14-7-8-4-9(13)6-10(14)5-8/h8-10H,1-7,13H2. The molecule has 1 saturated carbocycles. The Bertz CT molecular complexity index is 247. The van der Waals surface area contributed by atoms with Gasteiger partial charge in [-0.05, 0) is 31.6 Å². The van der Waals surface area contributed by atoms with Crippen LogP contribution in [0, 0.1) is 5.92 Å². The van der Waals surface area contributed by atoms with Gasteiger partial charge in [-0.2, -0.15) is 0 Å². The van der Waals surface area contributed by atoms with E-state index < -0.39 is 0 Å². The number of nitrogens with two attached hydrogens (primary N) is 1. The van der Waals surface area contributed by atoms with Gasteiger partial charge in [0.1, 0.15) is 0 Å². The van der Waals surface area contributed by atoms with Gasteiger partial charge in [0.2, 0.25) is 5.91 Å². The van der Waals surface area contributed by atoms with Gasteiger partial charge in [0, 0.05) is 30.9 Å². The molecule has 2 N–H and O–H groups in total. The summed E-state index contributed by atoms with van der Waals surface area (Å²) in [7, 11) is 0. The highest BCUT2D eigenvalue weighted by molar-refractivity contribution is 6.17. The number of hydrogen-bond donors (Lipinski definition) is 1. The third-order valence-electron chi connectivity index (χ3n) is 3.56. The minimum atomic E-state index is 0.275. The Kier molecular flexibility index (Phi) is 3.52.